The van der Waals surface area contributed by atoms with Gasteiger partial charge in [0.05, 0.1) is 6.54 Å². The van der Waals surface area contributed by atoms with Crippen LogP contribution in [0.4, 0.5) is 4.39 Å². The zero-order valence-corrected chi connectivity index (χ0v) is 6.07. The van der Waals surface area contributed by atoms with Crippen molar-refractivity contribution in [2.24, 2.45) is 0 Å². The summed E-state index contributed by atoms with van der Waals surface area (Å²) in [6, 6.07) is 3.68. The smallest absolute Gasteiger partial charge is 0.117 e. The maximum atomic E-state index is 11.7. The minimum atomic E-state index is -0.919. The Labute approximate surface area is 64.4 Å². The van der Waals surface area contributed by atoms with Crippen LogP contribution in [0.2, 0.25) is 0 Å². The molecule has 0 aliphatic heterocycles. The van der Waals surface area contributed by atoms with E-state index in [9.17, 15) is 4.39 Å². The second-order valence-corrected chi connectivity index (χ2v) is 2.26. The number of hydrogen-bond acceptors (Lipinski definition) is 2. The number of aliphatic hydroxyl groups excluding tert-OH is 1. The van der Waals surface area contributed by atoms with Gasteiger partial charge in [0.2, 0.25) is 0 Å². The number of nitrogens with zero attached hydrogens (tertiary/aromatic N) is 1. The number of aromatic nitrogens is 1. The van der Waals surface area contributed by atoms with Gasteiger partial charge in [-0.3, -0.25) is 4.68 Å². The summed E-state index contributed by atoms with van der Waals surface area (Å²) in [6.45, 7) is -0.487. The van der Waals surface area contributed by atoms with Crippen LogP contribution >= 0.6 is 0 Å². The Kier molecular flexibility index (Phi) is 2.92. The first kappa shape index (κ1) is 8.07. The van der Waals surface area contributed by atoms with Crippen LogP contribution in [0, 0.1) is 0 Å². The molecule has 2 N–H and O–H groups in total. The number of alkyl halides is 1. The molecular formula is C7H11FN2O. The van der Waals surface area contributed by atoms with Crippen molar-refractivity contribution in [2.45, 2.75) is 6.10 Å². The summed E-state index contributed by atoms with van der Waals surface area (Å²) in [7, 11) is 0. The third-order valence-electron chi connectivity index (χ3n) is 1.29. The molecule has 11 heavy (non-hydrogen) atoms. The highest BCUT2D eigenvalue weighted by Crippen LogP contribution is 1.87. The fourth-order valence-electron chi connectivity index (χ4n) is 0.705. The van der Waals surface area contributed by atoms with Crippen LogP contribution in [0.25, 0.3) is 0 Å². The van der Waals surface area contributed by atoms with Gasteiger partial charge >= 0.3 is 0 Å². The Bertz CT molecular complexity index is 188. The van der Waals surface area contributed by atoms with E-state index in [1.54, 1.807) is 17.1 Å². The maximum absolute atomic E-state index is 11.7. The third kappa shape index (κ3) is 2.59. The van der Waals surface area contributed by atoms with E-state index in [1.807, 2.05) is 12.1 Å². The van der Waals surface area contributed by atoms with E-state index in [1.165, 1.54) is 0 Å². The first-order valence-electron chi connectivity index (χ1n) is 3.44. The molecule has 1 atom stereocenters. The van der Waals surface area contributed by atoms with Crippen LogP contribution in [-0.2, 0) is 0 Å². The lowest BCUT2D eigenvalue weighted by Crippen LogP contribution is -2.26. The van der Waals surface area contributed by atoms with Crippen LogP contribution < -0.4 is 5.43 Å². The van der Waals surface area contributed by atoms with Crippen molar-refractivity contribution in [3.05, 3.63) is 24.5 Å². The molecule has 0 saturated carbocycles. The SMILES string of the molecule is OC(CF)CNn1cccc1. The van der Waals surface area contributed by atoms with E-state index in [0.717, 1.165) is 0 Å². The number of rotatable bonds is 4. The fraction of sp³-hybridized carbons (Fsp3) is 0.429. The topological polar surface area (TPSA) is 37.2 Å². The van der Waals surface area contributed by atoms with Gasteiger partial charge in [-0.1, -0.05) is 0 Å². The van der Waals surface area contributed by atoms with Crippen LogP contribution in [0.1, 0.15) is 0 Å². The summed E-state index contributed by atoms with van der Waals surface area (Å²) in [4.78, 5) is 0. The highest BCUT2D eigenvalue weighted by atomic mass is 19.1. The zero-order valence-electron chi connectivity index (χ0n) is 6.07. The third-order valence-corrected chi connectivity index (χ3v) is 1.29. The summed E-state index contributed by atoms with van der Waals surface area (Å²) in [6.07, 6.45) is 2.65. The first-order valence-corrected chi connectivity index (χ1v) is 3.44. The van der Waals surface area contributed by atoms with Gasteiger partial charge in [0.25, 0.3) is 0 Å². The van der Waals surface area contributed by atoms with Crippen molar-refractivity contribution < 1.29 is 9.50 Å². The monoisotopic (exact) mass is 158 g/mol. The van der Waals surface area contributed by atoms with Crippen LogP contribution in [0.3, 0.4) is 0 Å². The van der Waals surface area contributed by atoms with Gasteiger partial charge in [-0.2, -0.15) is 0 Å². The highest BCUT2D eigenvalue weighted by molar-refractivity contribution is 4.93. The second kappa shape index (κ2) is 3.98. The Balaban J connectivity index is 2.23. The van der Waals surface area contributed by atoms with E-state index >= 15 is 0 Å². The van der Waals surface area contributed by atoms with Gasteiger partial charge in [0.15, 0.2) is 0 Å². The molecule has 1 rings (SSSR count). The molecule has 0 radical (unpaired) electrons. The first-order chi connectivity index (χ1) is 5.33. The Morgan fingerprint density at radius 3 is 2.64 bits per heavy atom. The van der Waals surface area contributed by atoms with Crippen LogP contribution in [0.15, 0.2) is 24.5 Å². The maximum Gasteiger partial charge on any atom is 0.117 e. The molecule has 0 amide bonds. The van der Waals surface area contributed by atoms with Crippen molar-refractivity contribution in [1.29, 1.82) is 0 Å². The molecule has 0 aliphatic carbocycles. The van der Waals surface area contributed by atoms with Crippen LogP contribution in [0.5, 0.6) is 0 Å². The molecular weight excluding hydrogens is 147 g/mol. The van der Waals surface area contributed by atoms with Crippen molar-refractivity contribution in [3.63, 3.8) is 0 Å². The summed E-state index contributed by atoms with van der Waals surface area (Å²) >= 11 is 0. The number of nitrogens with one attached hydrogen (secondary N) is 1. The lowest BCUT2D eigenvalue weighted by atomic mass is 10.4. The average Bonchev–Trinajstić information content (AvgIpc) is 2.52. The Hall–Kier alpha value is -1.03. The lowest BCUT2D eigenvalue weighted by molar-refractivity contribution is 0.149. The summed E-state index contributed by atoms with van der Waals surface area (Å²) in [5.41, 5.74) is 2.80. The minimum Gasteiger partial charge on any atom is -0.388 e. The van der Waals surface area contributed by atoms with Crippen molar-refractivity contribution in [3.8, 4) is 0 Å². The molecule has 1 aromatic rings. The van der Waals surface area contributed by atoms with Crippen molar-refractivity contribution >= 4 is 0 Å². The normalized spacial score (nSPS) is 12.9. The molecule has 0 spiro atoms. The minimum absolute atomic E-state index is 0.227. The molecule has 62 valence electrons. The molecule has 0 fully saturated rings. The van der Waals surface area contributed by atoms with Gasteiger partial charge < -0.3 is 10.5 Å². The molecule has 1 unspecified atom stereocenters. The number of hydrogen-bond donors (Lipinski definition) is 2. The largest absolute Gasteiger partial charge is 0.388 e. The highest BCUT2D eigenvalue weighted by Gasteiger charge is 2.00. The Morgan fingerprint density at radius 1 is 1.45 bits per heavy atom. The van der Waals surface area contributed by atoms with Gasteiger partial charge in [0, 0.05) is 12.4 Å². The van der Waals surface area contributed by atoms with Gasteiger partial charge in [0.1, 0.15) is 12.8 Å². The average molecular weight is 158 g/mol. The summed E-state index contributed by atoms with van der Waals surface area (Å²) in [5, 5.41) is 8.81. The molecule has 1 heterocycles. The lowest BCUT2D eigenvalue weighted by Gasteiger charge is -2.09. The van der Waals surface area contributed by atoms with Gasteiger partial charge in [-0.15, -0.1) is 0 Å². The summed E-state index contributed by atoms with van der Waals surface area (Å²) < 4.78 is 13.4. The Morgan fingerprint density at radius 2 is 2.09 bits per heavy atom. The molecule has 1 aromatic heterocycles. The molecule has 4 heteroatoms. The van der Waals surface area contributed by atoms with Crippen LogP contribution in [-0.4, -0.2) is 29.1 Å². The van der Waals surface area contributed by atoms with Gasteiger partial charge in [-0.05, 0) is 12.1 Å². The van der Waals surface area contributed by atoms with Gasteiger partial charge in [-0.25, -0.2) is 4.39 Å². The van der Waals surface area contributed by atoms with Crippen molar-refractivity contribution in [1.82, 2.24) is 4.68 Å². The molecule has 0 aromatic carbocycles. The van der Waals surface area contributed by atoms with E-state index in [2.05, 4.69) is 5.43 Å². The van der Waals surface area contributed by atoms with E-state index in [4.69, 9.17) is 5.11 Å². The second-order valence-electron chi connectivity index (χ2n) is 2.26. The number of aliphatic hydroxyl groups is 1. The molecule has 3 nitrogen and oxygen atoms in total. The fourth-order valence-corrected chi connectivity index (χ4v) is 0.705. The molecule has 0 aliphatic rings. The predicted octanol–water partition coefficient (Wildman–Crippen LogP) is 0.362. The zero-order chi connectivity index (χ0) is 8.10. The molecule has 0 saturated heterocycles. The van der Waals surface area contributed by atoms with E-state index in [-0.39, 0.29) is 6.54 Å². The van der Waals surface area contributed by atoms with E-state index in [0.29, 0.717) is 0 Å². The standard InChI is InChI=1S/C7H11FN2O/c8-5-7(11)6-9-10-3-1-2-4-10/h1-4,7,9,11H,5-6H2. The number of halogens is 1. The predicted molar refractivity (Wildman–Crippen MR) is 40.6 cm³/mol. The summed E-state index contributed by atoms with van der Waals surface area (Å²) in [5.74, 6) is 0. The molecule has 0 bridgehead atoms. The van der Waals surface area contributed by atoms with E-state index < -0.39 is 12.8 Å². The van der Waals surface area contributed by atoms with Crippen molar-refractivity contribution in [2.75, 3.05) is 18.6 Å². The quantitative estimate of drug-likeness (QED) is 0.664.